The van der Waals surface area contributed by atoms with Gasteiger partial charge in [-0.1, -0.05) is 5.16 Å². The van der Waals surface area contributed by atoms with Crippen LogP contribution in [0.2, 0.25) is 0 Å². The number of nitrogens with zero attached hydrogens (tertiary/aromatic N) is 3. The Morgan fingerprint density at radius 1 is 1.21 bits per heavy atom. The van der Waals surface area contributed by atoms with Gasteiger partial charge in [0.2, 0.25) is 5.91 Å². The van der Waals surface area contributed by atoms with E-state index in [4.69, 9.17) is 4.52 Å². The molecule has 24 heavy (non-hydrogen) atoms. The van der Waals surface area contributed by atoms with Crippen molar-refractivity contribution in [3.05, 3.63) is 54.2 Å². The van der Waals surface area contributed by atoms with Crippen LogP contribution in [0.25, 0.3) is 11.4 Å². The van der Waals surface area contributed by atoms with Crippen LogP contribution in [0.15, 0.2) is 47.3 Å². The first-order chi connectivity index (χ1) is 11.8. The van der Waals surface area contributed by atoms with Gasteiger partial charge >= 0.3 is 0 Å². The van der Waals surface area contributed by atoms with Crippen molar-refractivity contribution in [3.63, 3.8) is 0 Å². The fourth-order valence-electron chi connectivity index (χ4n) is 3.07. The van der Waals surface area contributed by atoms with Crippen LogP contribution in [0, 0.1) is 0 Å². The van der Waals surface area contributed by atoms with Gasteiger partial charge < -0.3 is 14.4 Å². The van der Waals surface area contributed by atoms with Gasteiger partial charge in [-0.25, -0.2) is 4.98 Å². The zero-order valence-corrected chi connectivity index (χ0v) is 13.2. The quantitative estimate of drug-likeness (QED) is 0.801. The van der Waals surface area contributed by atoms with Crippen molar-refractivity contribution in [2.24, 2.45) is 0 Å². The van der Waals surface area contributed by atoms with Gasteiger partial charge in [0, 0.05) is 35.8 Å². The van der Waals surface area contributed by atoms with E-state index >= 15 is 0 Å². The molecule has 1 aliphatic heterocycles. The van der Waals surface area contributed by atoms with Crippen LogP contribution in [-0.2, 0) is 24.2 Å². The first kappa shape index (κ1) is 14.7. The maximum atomic E-state index is 12.0. The van der Waals surface area contributed by atoms with Gasteiger partial charge in [-0.15, -0.1) is 0 Å². The highest BCUT2D eigenvalue weighted by atomic mass is 16.5. The molecule has 0 unspecified atom stereocenters. The van der Waals surface area contributed by atoms with E-state index < -0.39 is 0 Å². The van der Waals surface area contributed by atoms with Crippen molar-refractivity contribution >= 4 is 11.6 Å². The van der Waals surface area contributed by atoms with Gasteiger partial charge in [-0.2, -0.15) is 0 Å². The SMILES string of the molecule is O=C(Cc1ccon1)Nc1ccc(-c2ncc3n2CCCC3)cc1. The number of rotatable bonds is 4. The van der Waals surface area contributed by atoms with Crippen molar-refractivity contribution in [3.8, 4) is 11.4 Å². The van der Waals surface area contributed by atoms with Crippen molar-refractivity contribution in [1.29, 1.82) is 0 Å². The number of aryl methyl sites for hydroxylation is 1. The third kappa shape index (κ3) is 2.95. The van der Waals surface area contributed by atoms with Gasteiger partial charge in [-0.05, 0) is 43.5 Å². The topological polar surface area (TPSA) is 73.0 Å². The lowest BCUT2D eigenvalue weighted by molar-refractivity contribution is -0.115. The molecule has 1 aliphatic rings. The van der Waals surface area contributed by atoms with Gasteiger partial charge in [0.25, 0.3) is 0 Å². The number of carbonyl (C=O) groups excluding carboxylic acids is 1. The summed E-state index contributed by atoms with van der Waals surface area (Å²) in [6, 6.07) is 9.48. The van der Waals surface area contributed by atoms with E-state index in [0.29, 0.717) is 5.69 Å². The molecular formula is C18H18N4O2. The minimum Gasteiger partial charge on any atom is -0.364 e. The first-order valence-corrected chi connectivity index (χ1v) is 8.13. The van der Waals surface area contributed by atoms with Crippen LogP contribution in [0.1, 0.15) is 24.2 Å². The second-order valence-corrected chi connectivity index (χ2v) is 5.97. The predicted molar refractivity (Wildman–Crippen MR) is 89.4 cm³/mol. The molecule has 6 heteroatoms. The van der Waals surface area contributed by atoms with E-state index in [1.807, 2.05) is 30.5 Å². The number of amides is 1. The molecule has 1 aromatic carbocycles. The summed E-state index contributed by atoms with van der Waals surface area (Å²) in [6.07, 6.45) is 7.17. The average Bonchev–Trinajstić information content (AvgIpc) is 3.25. The summed E-state index contributed by atoms with van der Waals surface area (Å²) in [5.41, 5.74) is 3.75. The number of carbonyl (C=O) groups is 1. The van der Waals surface area contributed by atoms with E-state index in [-0.39, 0.29) is 12.3 Å². The number of imidazole rings is 1. The van der Waals surface area contributed by atoms with E-state index in [2.05, 4.69) is 20.0 Å². The molecule has 122 valence electrons. The number of hydrogen-bond acceptors (Lipinski definition) is 4. The van der Waals surface area contributed by atoms with Crippen LogP contribution in [0.5, 0.6) is 0 Å². The first-order valence-electron chi connectivity index (χ1n) is 8.13. The van der Waals surface area contributed by atoms with E-state index in [0.717, 1.165) is 30.0 Å². The summed E-state index contributed by atoms with van der Waals surface area (Å²) < 4.78 is 7.02. The molecule has 0 spiro atoms. The second-order valence-electron chi connectivity index (χ2n) is 5.97. The summed E-state index contributed by atoms with van der Waals surface area (Å²) in [4.78, 5) is 16.5. The van der Waals surface area contributed by atoms with Gasteiger partial charge in [0.15, 0.2) is 0 Å². The number of aromatic nitrogens is 3. The Hall–Kier alpha value is -2.89. The van der Waals surface area contributed by atoms with Crippen molar-refractivity contribution in [1.82, 2.24) is 14.7 Å². The maximum Gasteiger partial charge on any atom is 0.230 e. The molecule has 0 aliphatic carbocycles. The van der Waals surface area contributed by atoms with E-state index in [9.17, 15) is 4.79 Å². The average molecular weight is 322 g/mol. The summed E-state index contributed by atoms with van der Waals surface area (Å²) in [6.45, 7) is 1.03. The molecule has 0 saturated carbocycles. The van der Waals surface area contributed by atoms with Crippen molar-refractivity contribution in [2.75, 3.05) is 5.32 Å². The molecule has 6 nitrogen and oxygen atoms in total. The van der Waals surface area contributed by atoms with Gasteiger partial charge in [0.05, 0.1) is 12.1 Å². The molecule has 3 aromatic rings. The van der Waals surface area contributed by atoms with Crippen LogP contribution in [0.4, 0.5) is 5.69 Å². The highest BCUT2D eigenvalue weighted by Crippen LogP contribution is 2.25. The lowest BCUT2D eigenvalue weighted by Gasteiger charge is -2.16. The van der Waals surface area contributed by atoms with Crippen molar-refractivity contribution in [2.45, 2.75) is 32.2 Å². The smallest absolute Gasteiger partial charge is 0.230 e. The number of anilines is 1. The molecule has 0 bridgehead atoms. The summed E-state index contributed by atoms with van der Waals surface area (Å²) in [7, 11) is 0. The largest absolute Gasteiger partial charge is 0.364 e. The molecule has 2 aromatic heterocycles. The van der Waals surface area contributed by atoms with Crippen LogP contribution >= 0.6 is 0 Å². The Bertz CT molecular complexity index is 835. The number of fused-ring (bicyclic) bond motifs is 1. The molecular weight excluding hydrogens is 304 g/mol. The second kappa shape index (κ2) is 6.31. The fourth-order valence-corrected chi connectivity index (χ4v) is 3.07. The van der Waals surface area contributed by atoms with E-state index in [1.54, 1.807) is 6.07 Å². The predicted octanol–water partition coefficient (Wildman–Crippen LogP) is 3.06. The van der Waals surface area contributed by atoms with Crippen LogP contribution in [0.3, 0.4) is 0 Å². The Kier molecular flexibility index (Phi) is 3.86. The molecule has 4 rings (SSSR count). The lowest BCUT2D eigenvalue weighted by atomic mass is 10.1. The minimum atomic E-state index is -0.116. The summed E-state index contributed by atoms with van der Waals surface area (Å²) in [5.74, 6) is 0.889. The standard InChI is InChI=1S/C18H18N4O2/c23-17(11-15-8-10-24-21-15)20-14-6-4-13(5-7-14)18-19-12-16-3-1-2-9-22(16)18/h4-8,10,12H,1-3,9,11H2,(H,20,23). The highest BCUT2D eigenvalue weighted by molar-refractivity contribution is 5.92. The Labute approximate surface area is 139 Å². The molecule has 0 atom stereocenters. The maximum absolute atomic E-state index is 12.0. The molecule has 3 heterocycles. The van der Waals surface area contributed by atoms with Crippen LogP contribution < -0.4 is 5.32 Å². The zero-order chi connectivity index (χ0) is 16.4. The Morgan fingerprint density at radius 2 is 2.08 bits per heavy atom. The van der Waals surface area contributed by atoms with Gasteiger partial charge in [0.1, 0.15) is 12.1 Å². The molecule has 0 radical (unpaired) electrons. The molecule has 0 fully saturated rings. The normalized spacial score (nSPS) is 13.5. The molecule has 1 amide bonds. The third-order valence-corrected chi connectivity index (χ3v) is 4.26. The molecule has 0 saturated heterocycles. The monoisotopic (exact) mass is 322 g/mol. The van der Waals surface area contributed by atoms with Crippen LogP contribution in [-0.4, -0.2) is 20.6 Å². The Balaban J connectivity index is 1.47. The molecule has 1 N–H and O–H groups in total. The number of nitrogens with one attached hydrogen (secondary N) is 1. The van der Waals surface area contributed by atoms with Gasteiger partial charge in [-0.3, -0.25) is 4.79 Å². The minimum absolute atomic E-state index is 0.116. The van der Waals surface area contributed by atoms with Crippen molar-refractivity contribution < 1.29 is 9.32 Å². The van der Waals surface area contributed by atoms with E-state index in [1.165, 1.54) is 24.8 Å². The summed E-state index contributed by atoms with van der Waals surface area (Å²) >= 11 is 0. The highest BCUT2D eigenvalue weighted by Gasteiger charge is 2.15. The zero-order valence-electron chi connectivity index (χ0n) is 13.2. The Morgan fingerprint density at radius 3 is 2.88 bits per heavy atom. The summed E-state index contributed by atoms with van der Waals surface area (Å²) in [5, 5.41) is 6.61. The lowest BCUT2D eigenvalue weighted by Crippen LogP contribution is -2.14. The number of hydrogen-bond donors (Lipinski definition) is 1. The fraction of sp³-hybridized carbons (Fsp3) is 0.278. The third-order valence-electron chi connectivity index (χ3n) is 4.26. The number of benzene rings is 1.